The SMILES string of the molecule is N#Cc1cccc(Cn2cc(NC(=O)NCCc3cccs3)cn2)c1. The van der Waals surface area contributed by atoms with Gasteiger partial charge in [-0.2, -0.15) is 10.4 Å². The van der Waals surface area contributed by atoms with Crippen molar-refractivity contribution in [1.29, 1.82) is 5.26 Å². The Balaban J connectivity index is 1.49. The molecule has 3 aromatic rings. The maximum atomic E-state index is 11.9. The summed E-state index contributed by atoms with van der Waals surface area (Å²) in [6, 6.07) is 13.3. The van der Waals surface area contributed by atoms with Crippen LogP contribution in [0.1, 0.15) is 16.0 Å². The van der Waals surface area contributed by atoms with Gasteiger partial charge in [-0.3, -0.25) is 4.68 Å². The van der Waals surface area contributed by atoms with Gasteiger partial charge in [-0.25, -0.2) is 4.79 Å². The van der Waals surface area contributed by atoms with Crippen molar-refractivity contribution in [1.82, 2.24) is 15.1 Å². The highest BCUT2D eigenvalue weighted by atomic mass is 32.1. The van der Waals surface area contributed by atoms with Gasteiger partial charge < -0.3 is 10.6 Å². The first-order chi connectivity index (χ1) is 12.2. The van der Waals surface area contributed by atoms with E-state index in [4.69, 9.17) is 5.26 Å². The van der Waals surface area contributed by atoms with Gasteiger partial charge >= 0.3 is 6.03 Å². The van der Waals surface area contributed by atoms with Gasteiger partial charge in [0, 0.05) is 17.6 Å². The Hall–Kier alpha value is -3.11. The number of hydrogen-bond donors (Lipinski definition) is 2. The van der Waals surface area contributed by atoms with E-state index in [-0.39, 0.29) is 6.03 Å². The van der Waals surface area contributed by atoms with E-state index in [0.717, 1.165) is 12.0 Å². The lowest BCUT2D eigenvalue weighted by Gasteiger charge is -2.05. The van der Waals surface area contributed by atoms with Crippen LogP contribution in [0.4, 0.5) is 10.5 Å². The second kappa shape index (κ2) is 8.13. The van der Waals surface area contributed by atoms with Crippen LogP contribution in [0.15, 0.2) is 54.2 Å². The number of carbonyl (C=O) groups is 1. The molecule has 7 heteroatoms. The van der Waals surface area contributed by atoms with Crippen LogP contribution < -0.4 is 10.6 Å². The molecule has 25 heavy (non-hydrogen) atoms. The molecule has 0 aliphatic heterocycles. The van der Waals surface area contributed by atoms with Crippen molar-refractivity contribution in [2.45, 2.75) is 13.0 Å². The van der Waals surface area contributed by atoms with Crippen LogP contribution in [-0.2, 0) is 13.0 Å². The van der Waals surface area contributed by atoms with Gasteiger partial charge in [-0.1, -0.05) is 18.2 Å². The highest BCUT2D eigenvalue weighted by Crippen LogP contribution is 2.10. The largest absolute Gasteiger partial charge is 0.338 e. The van der Waals surface area contributed by atoms with Crippen molar-refractivity contribution in [2.75, 3.05) is 11.9 Å². The fourth-order valence-electron chi connectivity index (χ4n) is 2.37. The number of urea groups is 1. The molecule has 2 amide bonds. The fourth-order valence-corrected chi connectivity index (χ4v) is 3.08. The summed E-state index contributed by atoms with van der Waals surface area (Å²) < 4.78 is 1.72. The second-order valence-corrected chi connectivity index (χ2v) is 6.48. The first kappa shape index (κ1) is 16.7. The lowest BCUT2D eigenvalue weighted by molar-refractivity contribution is 0.252. The van der Waals surface area contributed by atoms with E-state index in [1.54, 1.807) is 34.5 Å². The maximum Gasteiger partial charge on any atom is 0.319 e. The molecular weight excluding hydrogens is 334 g/mol. The van der Waals surface area contributed by atoms with Crippen LogP contribution in [-0.4, -0.2) is 22.4 Å². The zero-order chi connectivity index (χ0) is 17.5. The number of nitrogens with zero attached hydrogens (tertiary/aromatic N) is 3. The number of nitriles is 1. The summed E-state index contributed by atoms with van der Waals surface area (Å²) in [6.45, 7) is 1.12. The molecule has 3 rings (SSSR count). The number of rotatable bonds is 6. The monoisotopic (exact) mass is 351 g/mol. The van der Waals surface area contributed by atoms with Crippen LogP contribution in [0.2, 0.25) is 0 Å². The number of amides is 2. The zero-order valence-electron chi connectivity index (χ0n) is 13.5. The van der Waals surface area contributed by atoms with E-state index in [0.29, 0.717) is 24.3 Å². The Morgan fingerprint density at radius 3 is 3.04 bits per heavy atom. The normalized spacial score (nSPS) is 10.2. The summed E-state index contributed by atoms with van der Waals surface area (Å²) in [7, 11) is 0. The minimum atomic E-state index is -0.248. The molecule has 1 aromatic carbocycles. The summed E-state index contributed by atoms with van der Waals surface area (Å²) in [4.78, 5) is 13.1. The van der Waals surface area contributed by atoms with Gasteiger partial charge in [-0.05, 0) is 35.6 Å². The molecule has 2 N–H and O–H groups in total. The molecule has 2 heterocycles. The average molecular weight is 351 g/mol. The van der Waals surface area contributed by atoms with E-state index in [1.165, 1.54) is 4.88 Å². The van der Waals surface area contributed by atoms with Crippen molar-refractivity contribution >= 4 is 23.1 Å². The van der Waals surface area contributed by atoms with E-state index in [9.17, 15) is 4.79 Å². The molecule has 0 atom stereocenters. The minimum absolute atomic E-state index is 0.248. The number of aromatic nitrogens is 2. The predicted octanol–water partition coefficient (Wildman–Crippen LogP) is 3.23. The van der Waals surface area contributed by atoms with E-state index in [1.807, 2.05) is 29.6 Å². The number of nitrogens with one attached hydrogen (secondary N) is 2. The molecule has 126 valence electrons. The lowest BCUT2D eigenvalue weighted by Crippen LogP contribution is -2.30. The zero-order valence-corrected chi connectivity index (χ0v) is 14.3. The Kier molecular flexibility index (Phi) is 5.44. The van der Waals surface area contributed by atoms with Crippen LogP contribution in [0.5, 0.6) is 0 Å². The van der Waals surface area contributed by atoms with Crippen LogP contribution >= 0.6 is 11.3 Å². The van der Waals surface area contributed by atoms with E-state index in [2.05, 4.69) is 27.9 Å². The van der Waals surface area contributed by atoms with Gasteiger partial charge in [0.2, 0.25) is 0 Å². The van der Waals surface area contributed by atoms with Crippen molar-refractivity contribution in [3.63, 3.8) is 0 Å². The molecule has 0 spiro atoms. The number of benzene rings is 1. The second-order valence-electron chi connectivity index (χ2n) is 5.45. The Labute approximate surface area is 149 Å². The summed E-state index contributed by atoms with van der Waals surface area (Å²) in [5, 5.41) is 20.8. The number of hydrogen-bond acceptors (Lipinski definition) is 4. The third-order valence-corrected chi connectivity index (χ3v) is 4.46. The van der Waals surface area contributed by atoms with Crippen LogP contribution in [0.25, 0.3) is 0 Å². The van der Waals surface area contributed by atoms with Crippen molar-refractivity contribution in [3.8, 4) is 6.07 Å². The van der Waals surface area contributed by atoms with E-state index < -0.39 is 0 Å². The standard InChI is InChI=1S/C18H17N5OS/c19-10-14-3-1-4-15(9-14)12-23-13-16(11-21-23)22-18(24)20-7-6-17-5-2-8-25-17/h1-5,8-9,11,13H,6-7,12H2,(H2,20,22,24). The number of anilines is 1. The minimum Gasteiger partial charge on any atom is -0.338 e. The molecule has 0 saturated carbocycles. The van der Waals surface area contributed by atoms with Gasteiger partial charge in [-0.15, -0.1) is 11.3 Å². The fraction of sp³-hybridized carbons (Fsp3) is 0.167. The van der Waals surface area contributed by atoms with Crippen molar-refractivity contribution < 1.29 is 4.79 Å². The topological polar surface area (TPSA) is 82.7 Å². The number of thiophene rings is 1. The molecule has 0 saturated heterocycles. The third-order valence-electron chi connectivity index (χ3n) is 3.53. The quantitative estimate of drug-likeness (QED) is 0.715. The maximum absolute atomic E-state index is 11.9. The van der Waals surface area contributed by atoms with Gasteiger partial charge in [0.15, 0.2) is 0 Å². The third kappa shape index (κ3) is 4.93. The summed E-state index contributed by atoms with van der Waals surface area (Å²) in [5.74, 6) is 0. The van der Waals surface area contributed by atoms with Gasteiger partial charge in [0.05, 0.1) is 30.1 Å². The van der Waals surface area contributed by atoms with Crippen molar-refractivity contribution in [2.24, 2.45) is 0 Å². The Morgan fingerprint density at radius 1 is 1.32 bits per heavy atom. The summed E-state index contributed by atoms with van der Waals surface area (Å²) >= 11 is 1.68. The van der Waals surface area contributed by atoms with Crippen LogP contribution in [0, 0.1) is 11.3 Å². The highest BCUT2D eigenvalue weighted by molar-refractivity contribution is 7.09. The Morgan fingerprint density at radius 2 is 2.24 bits per heavy atom. The molecule has 0 unspecified atom stereocenters. The summed E-state index contributed by atoms with van der Waals surface area (Å²) in [5.41, 5.74) is 2.23. The molecular formula is C18H17N5OS. The average Bonchev–Trinajstić information content (AvgIpc) is 3.27. The van der Waals surface area contributed by atoms with E-state index >= 15 is 0 Å². The molecule has 0 radical (unpaired) electrons. The molecule has 2 aromatic heterocycles. The molecule has 0 aliphatic rings. The molecule has 6 nitrogen and oxygen atoms in total. The Bertz CT molecular complexity index is 879. The predicted molar refractivity (Wildman–Crippen MR) is 97.5 cm³/mol. The summed E-state index contributed by atoms with van der Waals surface area (Å²) in [6.07, 6.45) is 4.18. The molecule has 0 fully saturated rings. The van der Waals surface area contributed by atoms with Crippen molar-refractivity contribution in [3.05, 3.63) is 70.2 Å². The first-order valence-electron chi connectivity index (χ1n) is 7.81. The van der Waals surface area contributed by atoms with Gasteiger partial charge in [0.1, 0.15) is 0 Å². The van der Waals surface area contributed by atoms with Crippen LogP contribution in [0.3, 0.4) is 0 Å². The smallest absolute Gasteiger partial charge is 0.319 e. The highest BCUT2D eigenvalue weighted by Gasteiger charge is 2.05. The molecule has 0 aliphatic carbocycles. The van der Waals surface area contributed by atoms with Gasteiger partial charge in [0.25, 0.3) is 0 Å². The number of carbonyl (C=O) groups excluding carboxylic acids is 1. The first-order valence-corrected chi connectivity index (χ1v) is 8.69. The lowest BCUT2D eigenvalue weighted by atomic mass is 10.1. The molecule has 0 bridgehead atoms.